The third-order valence-corrected chi connectivity index (χ3v) is 6.62. The highest BCUT2D eigenvalue weighted by molar-refractivity contribution is 7.22. The molecule has 0 radical (unpaired) electrons. The highest BCUT2D eigenvalue weighted by Gasteiger charge is 2.14. The molecule has 0 bridgehead atoms. The second-order valence-electron chi connectivity index (χ2n) is 8.05. The van der Waals surface area contributed by atoms with Crippen molar-refractivity contribution in [2.75, 3.05) is 19.5 Å². The number of hydrogen-bond acceptors (Lipinski definition) is 6. The van der Waals surface area contributed by atoms with Crippen LogP contribution < -0.4 is 14.8 Å². The van der Waals surface area contributed by atoms with E-state index in [2.05, 4.69) is 10.3 Å². The number of ether oxygens (including phenoxy) is 2. The molecule has 1 N–H and O–H groups in total. The topological polar surface area (TPSA) is 78.3 Å². The Bertz CT molecular complexity index is 1570. The molecule has 5 rings (SSSR count). The number of aromatic nitrogens is 3. The van der Waals surface area contributed by atoms with Gasteiger partial charge in [0, 0.05) is 23.4 Å². The molecular weight excluding hydrogens is 472 g/mol. The summed E-state index contributed by atoms with van der Waals surface area (Å²) < 4.78 is 13.7. The van der Waals surface area contributed by atoms with Crippen molar-refractivity contribution in [1.29, 1.82) is 0 Å². The molecule has 0 aliphatic carbocycles. The number of benzene rings is 3. The van der Waals surface area contributed by atoms with Crippen molar-refractivity contribution in [3.63, 3.8) is 0 Å². The Morgan fingerprint density at radius 2 is 1.81 bits per heavy atom. The second kappa shape index (κ2) is 10.1. The Hall–Kier alpha value is -4.43. The Kier molecular flexibility index (Phi) is 6.51. The highest BCUT2D eigenvalue weighted by Crippen LogP contribution is 2.34. The van der Waals surface area contributed by atoms with Crippen LogP contribution in [0.1, 0.15) is 11.1 Å². The zero-order valence-electron chi connectivity index (χ0n) is 20.1. The van der Waals surface area contributed by atoms with Gasteiger partial charge in [0.05, 0.1) is 30.1 Å². The normalized spacial score (nSPS) is 11.2. The van der Waals surface area contributed by atoms with E-state index in [-0.39, 0.29) is 5.91 Å². The Morgan fingerprint density at radius 3 is 2.56 bits per heavy atom. The van der Waals surface area contributed by atoms with E-state index < -0.39 is 0 Å². The quantitative estimate of drug-likeness (QED) is 0.274. The summed E-state index contributed by atoms with van der Waals surface area (Å²) in [6, 6.07) is 21.4. The Labute approximate surface area is 212 Å². The molecule has 0 saturated heterocycles. The number of amides is 1. The number of thiazole rings is 1. The number of nitrogens with zero attached hydrogens (tertiary/aromatic N) is 3. The minimum absolute atomic E-state index is 0.266. The number of anilines is 1. The van der Waals surface area contributed by atoms with Crippen LogP contribution in [0.5, 0.6) is 11.5 Å². The molecule has 2 heterocycles. The molecule has 2 aromatic heterocycles. The second-order valence-corrected chi connectivity index (χ2v) is 9.08. The van der Waals surface area contributed by atoms with Crippen LogP contribution >= 0.6 is 11.3 Å². The van der Waals surface area contributed by atoms with Gasteiger partial charge in [-0.2, -0.15) is 5.10 Å². The maximum Gasteiger partial charge on any atom is 0.250 e. The molecule has 180 valence electrons. The van der Waals surface area contributed by atoms with Crippen molar-refractivity contribution in [3.8, 4) is 28.4 Å². The number of nitrogens with one attached hydrogen (secondary N) is 1. The highest BCUT2D eigenvalue weighted by atomic mass is 32.1. The van der Waals surface area contributed by atoms with Gasteiger partial charge in [0.25, 0.3) is 0 Å². The van der Waals surface area contributed by atoms with Crippen LogP contribution in [0.4, 0.5) is 5.13 Å². The summed E-state index contributed by atoms with van der Waals surface area (Å²) in [7, 11) is 3.19. The predicted molar refractivity (Wildman–Crippen MR) is 144 cm³/mol. The third-order valence-electron chi connectivity index (χ3n) is 5.69. The molecule has 0 spiro atoms. The molecule has 0 aliphatic heterocycles. The van der Waals surface area contributed by atoms with E-state index in [4.69, 9.17) is 14.6 Å². The first kappa shape index (κ1) is 23.3. The van der Waals surface area contributed by atoms with E-state index in [9.17, 15) is 4.79 Å². The zero-order chi connectivity index (χ0) is 25.1. The summed E-state index contributed by atoms with van der Waals surface area (Å²) >= 11 is 1.45. The molecule has 0 atom stereocenters. The Balaban J connectivity index is 1.47. The fourth-order valence-electron chi connectivity index (χ4n) is 3.88. The van der Waals surface area contributed by atoms with Gasteiger partial charge in [-0.05, 0) is 55.0 Å². The van der Waals surface area contributed by atoms with Crippen LogP contribution in [0.3, 0.4) is 0 Å². The number of aryl methyl sites for hydroxylation is 1. The molecule has 5 aromatic rings. The summed E-state index contributed by atoms with van der Waals surface area (Å²) in [5, 5.41) is 8.25. The summed E-state index contributed by atoms with van der Waals surface area (Å²) in [6.07, 6.45) is 5.15. The van der Waals surface area contributed by atoms with Gasteiger partial charge in [-0.1, -0.05) is 41.7 Å². The number of carbonyl (C=O) groups excluding carboxylic acids is 1. The lowest BCUT2D eigenvalue weighted by atomic mass is 10.1. The first-order valence-electron chi connectivity index (χ1n) is 11.3. The number of carbonyl (C=O) groups is 1. The van der Waals surface area contributed by atoms with Crippen LogP contribution in [0.2, 0.25) is 0 Å². The summed E-state index contributed by atoms with van der Waals surface area (Å²) in [6.45, 7) is 2.01. The average molecular weight is 497 g/mol. The van der Waals surface area contributed by atoms with Crippen molar-refractivity contribution in [2.45, 2.75) is 6.92 Å². The van der Waals surface area contributed by atoms with Gasteiger partial charge in [0.15, 0.2) is 16.6 Å². The summed E-state index contributed by atoms with van der Waals surface area (Å²) in [5.41, 5.74) is 5.22. The minimum Gasteiger partial charge on any atom is -0.493 e. The van der Waals surface area contributed by atoms with E-state index in [0.29, 0.717) is 22.3 Å². The number of fused-ring (bicyclic) bond motifs is 1. The van der Waals surface area contributed by atoms with Gasteiger partial charge >= 0.3 is 0 Å². The molecule has 0 fully saturated rings. The zero-order valence-corrected chi connectivity index (χ0v) is 20.9. The SMILES string of the molecule is COc1ccc(-c2nn(-c3ccccc3)cc2C=CC(=O)Nc2nc3c(C)cccc3s2)cc1OC. The van der Waals surface area contributed by atoms with Crippen molar-refractivity contribution in [2.24, 2.45) is 0 Å². The molecule has 3 aromatic carbocycles. The van der Waals surface area contributed by atoms with Gasteiger partial charge < -0.3 is 9.47 Å². The lowest BCUT2D eigenvalue weighted by Crippen LogP contribution is -2.07. The molecule has 8 heteroatoms. The third kappa shape index (κ3) is 4.71. The largest absolute Gasteiger partial charge is 0.493 e. The first-order chi connectivity index (χ1) is 17.6. The standard InChI is InChI=1S/C28H24N4O3S/c1-18-8-7-11-24-26(18)30-28(36-24)29-25(33)15-13-20-17-32(21-9-5-4-6-10-21)31-27(20)19-12-14-22(34-2)23(16-19)35-3/h4-17H,1-3H3,(H,29,30,33). The fraction of sp³-hybridized carbons (Fsp3) is 0.107. The molecule has 0 aliphatic rings. The van der Waals surface area contributed by atoms with Crippen molar-refractivity contribution < 1.29 is 14.3 Å². The maximum atomic E-state index is 12.8. The van der Waals surface area contributed by atoms with Crippen LogP contribution in [-0.2, 0) is 4.79 Å². The van der Waals surface area contributed by atoms with E-state index in [0.717, 1.165) is 32.6 Å². The van der Waals surface area contributed by atoms with E-state index in [1.165, 1.54) is 17.4 Å². The van der Waals surface area contributed by atoms with E-state index in [1.807, 2.05) is 79.9 Å². The van der Waals surface area contributed by atoms with Crippen molar-refractivity contribution >= 4 is 38.7 Å². The lowest BCUT2D eigenvalue weighted by molar-refractivity contribution is -0.111. The van der Waals surface area contributed by atoms with Crippen LogP contribution in [0, 0.1) is 6.92 Å². The van der Waals surface area contributed by atoms with Crippen LogP contribution in [-0.4, -0.2) is 34.9 Å². The summed E-state index contributed by atoms with van der Waals surface area (Å²) in [5.74, 6) is 0.965. The van der Waals surface area contributed by atoms with Gasteiger partial charge in [0.2, 0.25) is 5.91 Å². The molecule has 36 heavy (non-hydrogen) atoms. The first-order valence-corrected chi connectivity index (χ1v) is 12.1. The van der Waals surface area contributed by atoms with Gasteiger partial charge in [-0.15, -0.1) is 0 Å². The summed E-state index contributed by atoms with van der Waals surface area (Å²) in [4.78, 5) is 17.3. The number of para-hydroxylation sites is 2. The van der Waals surface area contributed by atoms with E-state index in [1.54, 1.807) is 25.0 Å². The molecule has 0 unspecified atom stereocenters. The lowest BCUT2D eigenvalue weighted by Gasteiger charge is -2.09. The molecule has 0 saturated carbocycles. The predicted octanol–water partition coefficient (Wildman–Crippen LogP) is 6.13. The van der Waals surface area contributed by atoms with Crippen molar-refractivity contribution in [3.05, 3.63) is 90.1 Å². The molecular formula is C28H24N4O3S. The van der Waals surface area contributed by atoms with Crippen LogP contribution in [0.25, 0.3) is 33.2 Å². The monoisotopic (exact) mass is 496 g/mol. The van der Waals surface area contributed by atoms with Crippen LogP contribution in [0.15, 0.2) is 79.0 Å². The fourth-order valence-corrected chi connectivity index (χ4v) is 4.83. The Morgan fingerprint density at radius 1 is 1.00 bits per heavy atom. The average Bonchev–Trinajstić information content (AvgIpc) is 3.52. The van der Waals surface area contributed by atoms with Gasteiger partial charge in [-0.3, -0.25) is 10.1 Å². The smallest absolute Gasteiger partial charge is 0.250 e. The number of rotatable bonds is 7. The van der Waals surface area contributed by atoms with Gasteiger partial charge in [-0.25, -0.2) is 9.67 Å². The molecule has 7 nitrogen and oxygen atoms in total. The van der Waals surface area contributed by atoms with Crippen molar-refractivity contribution in [1.82, 2.24) is 14.8 Å². The van der Waals surface area contributed by atoms with Gasteiger partial charge in [0.1, 0.15) is 5.69 Å². The maximum absolute atomic E-state index is 12.8. The van der Waals surface area contributed by atoms with E-state index >= 15 is 0 Å². The number of hydrogen-bond donors (Lipinski definition) is 1. The molecule has 1 amide bonds. The number of methoxy groups -OCH3 is 2. The minimum atomic E-state index is -0.266.